The number of carbonyl (C=O) groups excluding carboxylic acids is 1. The Morgan fingerprint density at radius 3 is 2.42 bits per heavy atom. The number of aromatic nitrogens is 1. The minimum absolute atomic E-state index is 0.162. The maximum Gasteiger partial charge on any atom is 0.257 e. The topological polar surface area (TPSA) is 51.2 Å². The lowest BCUT2D eigenvalue weighted by Gasteiger charge is -2.07. The van der Waals surface area contributed by atoms with Gasteiger partial charge >= 0.3 is 0 Å². The van der Waals surface area contributed by atoms with Crippen LogP contribution in [-0.2, 0) is 6.42 Å². The number of thiazole rings is 1. The van der Waals surface area contributed by atoms with Crippen molar-refractivity contribution in [3.8, 4) is 17.0 Å². The van der Waals surface area contributed by atoms with E-state index in [1.54, 1.807) is 12.1 Å². The Kier molecular flexibility index (Phi) is 8.24. The molecule has 0 aliphatic heterocycles. The summed E-state index contributed by atoms with van der Waals surface area (Å²) >= 11 is 1.50. The van der Waals surface area contributed by atoms with Crippen molar-refractivity contribution < 1.29 is 9.53 Å². The van der Waals surface area contributed by atoms with Crippen LogP contribution in [0.4, 0.5) is 5.13 Å². The second-order valence-electron chi connectivity index (χ2n) is 8.25. The molecule has 0 aliphatic rings. The number of ether oxygens (including phenoxy) is 1. The van der Waals surface area contributed by atoms with Gasteiger partial charge in [-0.25, -0.2) is 4.98 Å². The van der Waals surface area contributed by atoms with Gasteiger partial charge in [-0.15, -0.1) is 11.3 Å². The first-order valence-corrected chi connectivity index (χ1v) is 11.9. The van der Waals surface area contributed by atoms with Gasteiger partial charge in [0.05, 0.1) is 12.3 Å². The molecule has 3 aromatic rings. The van der Waals surface area contributed by atoms with E-state index < -0.39 is 0 Å². The molecule has 4 nitrogen and oxygen atoms in total. The number of nitrogens with zero attached hydrogens (tertiary/aromatic N) is 1. The zero-order valence-corrected chi connectivity index (χ0v) is 19.7. The van der Waals surface area contributed by atoms with Crippen molar-refractivity contribution >= 4 is 22.4 Å². The Bertz CT molecular complexity index is 976. The van der Waals surface area contributed by atoms with E-state index in [0.29, 0.717) is 23.2 Å². The van der Waals surface area contributed by atoms with Gasteiger partial charge in [-0.05, 0) is 55.5 Å². The minimum atomic E-state index is -0.162. The molecule has 0 atom stereocenters. The summed E-state index contributed by atoms with van der Waals surface area (Å²) in [5, 5.41) is 3.55. The van der Waals surface area contributed by atoms with Gasteiger partial charge in [0.25, 0.3) is 5.91 Å². The maximum absolute atomic E-state index is 12.6. The lowest BCUT2D eigenvalue weighted by molar-refractivity contribution is 0.102. The van der Waals surface area contributed by atoms with Gasteiger partial charge in [0.15, 0.2) is 5.13 Å². The van der Waals surface area contributed by atoms with E-state index in [1.807, 2.05) is 19.1 Å². The minimum Gasteiger partial charge on any atom is -0.494 e. The first kappa shape index (κ1) is 23.0. The lowest BCUT2D eigenvalue weighted by atomic mass is 10.0. The third kappa shape index (κ3) is 6.66. The molecule has 1 aromatic heterocycles. The number of hydrogen-bond acceptors (Lipinski definition) is 4. The van der Waals surface area contributed by atoms with Crippen LogP contribution in [0.15, 0.2) is 48.5 Å². The highest BCUT2D eigenvalue weighted by Crippen LogP contribution is 2.31. The van der Waals surface area contributed by atoms with Crippen molar-refractivity contribution in [3.63, 3.8) is 0 Å². The summed E-state index contributed by atoms with van der Waals surface area (Å²) < 4.78 is 5.72. The van der Waals surface area contributed by atoms with Gasteiger partial charge in [0.1, 0.15) is 5.75 Å². The summed E-state index contributed by atoms with van der Waals surface area (Å²) in [6.07, 6.45) is 4.45. The number of unbranched alkanes of at least 4 members (excludes halogenated alkanes) is 2. The molecule has 2 aromatic carbocycles. The number of nitrogens with one attached hydrogen (secondary N) is 1. The molecule has 0 saturated heterocycles. The Morgan fingerprint density at radius 1 is 1.06 bits per heavy atom. The molecule has 0 radical (unpaired) electrons. The van der Waals surface area contributed by atoms with Crippen molar-refractivity contribution in [1.82, 2.24) is 4.98 Å². The number of benzene rings is 2. The predicted molar refractivity (Wildman–Crippen MR) is 130 cm³/mol. The van der Waals surface area contributed by atoms with Crippen LogP contribution in [-0.4, -0.2) is 17.5 Å². The average Bonchev–Trinajstić information content (AvgIpc) is 3.11. The highest BCUT2D eigenvalue weighted by Gasteiger charge is 2.13. The third-order valence-electron chi connectivity index (χ3n) is 5.02. The summed E-state index contributed by atoms with van der Waals surface area (Å²) in [6.45, 7) is 9.36. The van der Waals surface area contributed by atoms with Gasteiger partial charge in [-0.3, -0.25) is 10.1 Å². The molecular weight excluding hydrogens is 404 g/mol. The second kappa shape index (κ2) is 11.1. The lowest BCUT2D eigenvalue weighted by Crippen LogP contribution is -2.11. The summed E-state index contributed by atoms with van der Waals surface area (Å²) in [5.41, 5.74) is 3.92. The average molecular weight is 437 g/mol. The summed E-state index contributed by atoms with van der Waals surface area (Å²) in [5.74, 6) is 1.27. The Hall–Kier alpha value is -2.66. The molecule has 1 heterocycles. The highest BCUT2D eigenvalue weighted by molar-refractivity contribution is 7.16. The van der Waals surface area contributed by atoms with E-state index >= 15 is 0 Å². The second-order valence-corrected chi connectivity index (χ2v) is 9.46. The molecule has 0 unspecified atom stereocenters. The number of rotatable bonds is 10. The largest absolute Gasteiger partial charge is 0.494 e. The van der Waals surface area contributed by atoms with Gasteiger partial charge in [-0.1, -0.05) is 57.9 Å². The van der Waals surface area contributed by atoms with Crippen LogP contribution in [0.5, 0.6) is 5.75 Å². The number of amides is 1. The highest BCUT2D eigenvalue weighted by atomic mass is 32.1. The normalized spacial score (nSPS) is 11.0. The fourth-order valence-corrected chi connectivity index (χ4v) is 4.23. The number of carbonyl (C=O) groups is 1. The molecule has 1 N–H and O–H groups in total. The maximum atomic E-state index is 12.6. The Morgan fingerprint density at radius 2 is 1.77 bits per heavy atom. The quantitative estimate of drug-likeness (QED) is 0.344. The third-order valence-corrected chi connectivity index (χ3v) is 5.91. The van der Waals surface area contributed by atoms with Crippen molar-refractivity contribution in [2.75, 3.05) is 11.9 Å². The van der Waals surface area contributed by atoms with Gasteiger partial charge in [0, 0.05) is 16.0 Å². The van der Waals surface area contributed by atoms with Crippen molar-refractivity contribution in [1.29, 1.82) is 0 Å². The molecule has 0 fully saturated rings. The van der Waals surface area contributed by atoms with Crippen LogP contribution < -0.4 is 10.1 Å². The van der Waals surface area contributed by atoms with Gasteiger partial charge in [-0.2, -0.15) is 0 Å². The summed E-state index contributed by atoms with van der Waals surface area (Å²) in [6, 6.07) is 15.8. The van der Waals surface area contributed by atoms with Crippen LogP contribution >= 0.6 is 11.3 Å². The molecule has 0 spiro atoms. The molecule has 164 valence electrons. The summed E-state index contributed by atoms with van der Waals surface area (Å²) in [7, 11) is 0. The molecular formula is C26H32N2O2S. The van der Waals surface area contributed by atoms with E-state index in [1.165, 1.54) is 23.3 Å². The monoisotopic (exact) mass is 436 g/mol. The number of aryl methyl sites for hydroxylation is 1. The van der Waals surface area contributed by atoms with E-state index in [4.69, 9.17) is 4.74 Å². The molecule has 31 heavy (non-hydrogen) atoms. The Balaban J connectivity index is 1.62. The zero-order chi connectivity index (χ0) is 22.2. The van der Waals surface area contributed by atoms with Gasteiger partial charge < -0.3 is 4.74 Å². The summed E-state index contributed by atoms with van der Waals surface area (Å²) in [4.78, 5) is 18.4. The van der Waals surface area contributed by atoms with Crippen molar-refractivity contribution in [2.24, 2.45) is 5.92 Å². The molecule has 0 aliphatic carbocycles. The number of hydrogen-bond donors (Lipinski definition) is 1. The number of anilines is 1. The first-order valence-electron chi connectivity index (χ1n) is 11.1. The van der Waals surface area contributed by atoms with Crippen LogP contribution in [0.1, 0.15) is 60.8 Å². The van der Waals surface area contributed by atoms with Crippen LogP contribution in [0, 0.1) is 12.8 Å². The molecule has 0 bridgehead atoms. The van der Waals surface area contributed by atoms with Crippen LogP contribution in [0.25, 0.3) is 11.3 Å². The standard InChI is InChI=1S/C26H32N2O2S/c1-5-6-7-16-30-23-14-12-22(13-15-23)25(29)28-26-27-24(19(4)31-26)21-10-8-20(9-11-21)17-18(2)3/h8-15,18H,5-7,16-17H2,1-4H3,(H,27,28,29). The van der Waals surface area contributed by atoms with Crippen LogP contribution in [0.2, 0.25) is 0 Å². The molecule has 0 saturated carbocycles. The molecule has 3 rings (SSSR count). The fourth-order valence-electron chi connectivity index (χ4n) is 3.40. The van der Waals surface area contributed by atoms with E-state index in [-0.39, 0.29) is 5.91 Å². The fraction of sp³-hybridized carbons (Fsp3) is 0.385. The zero-order valence-electron chi connectivity index (χ0n) is 18.9. The predicted octanol–water partition coefficient (Wildman–Crippen LogP) is 7.14. The van der Waals surface area contributed by atoms with E-state index in [0.717, 1.165) is 41.1 Å². The first-order chi connectivity index (χ1) is 15.0. The van der Waals surface area contributed by atoms with Crippen LogP contribution in [0.3, 0.4) is 0 Å². The van der Waals surface area contributed by atoms with Gasteiger partial charge in [0.2, 0.25) is 0 Å². The van der Waals surface area contributed by atoms with E-state index in [2.05, 4.69) is 55.3 Å². The smallest absolute Gasteiger partial charge is 0.257 e. The Labute approximate surface area is 189 Å². The van der Waals surface area contributed by atoms with E-state index in [9.17, 15) is 4.79 Å². The van der Waals surface area contributed by atoms with Crippen molar-refractivity contribution in [3.05, 3.63) is 64.5 Å². The van der Waals surface area contributed by atoms with Crippen molar-refractivity contribution in [2.45, 2.75) is 53.4 Å². The molecule has 1 amide bonds. The molecule has 5 heteroatoms. The SMILES string of the molecule is CCCCCOc1ccc(C(=O)Nc2nc(-c3ccc(CC(C)C)cc3)c(C)s2)cc1.